The van der Waals surface area contributed by atoms with Crippen LogP contribution in [0.25, 0.3) is 11.0 Å². The van der Waals surface area contributed by atoms with Crippen molar-refractivity contribution in [2.75, 3.05) is 13.1 Å². The third-order valence-electron chi connectivity index (χ3n) is 6.25. The van der Waals surface area contributed by atoms with Crippen molar-refractivity contribution in [2.45, 2.75) is 57.9 Å². The number of piperidine rings is 1. The van der Waals surface area contributed by atoms with Gasteiger partial charge in [-0.3, -0.25) is 4.79 Å². The number of benzene rings is 1. The van der Waals surface area contributed by atoms with Crippen LogP contribution in [0.1, 0.15) is 65.8 Å². The third-order valence-corrected chi connectivity index (χ3v) is 6.25. The molecule has 28 heavy (non-hydrogen) atoms. The van der Waals surface area contributed by atoms with Crippen molar-refractivity contribution in [1.82, 2.24) is 19.7 Å². The molecule has 1 unspecified atom stereocenters. The molecule has 0 bridgehead atoms. The summed E-state index contributed by atoms with van der Waals surface area (Å²) in [5.74, 6) is 2.90. The van der Waals surface area contributed by atoms with Crippen molar-refractivity contribution >= 4 is 16.9 Å². The van der Waals surface area contributed by atoms with Crippen LogP contribution in [0.15, 0.2) is 28.7 Å². The van der Waals surface area contributed by atoms with Crippen LogP contribution in [-0.2, 0) is 13.0 Å². The summed E-state index contributed by atoms with van der Waals surface area (Å²) in [6.45, 7) is 4.43. The Morgan fingerprint density at radius 1 is 1.11 bits per heavy atom. The Bertz CT molecular complexity index is 1020. The van der Waals surface area contributed by atoms with E-state index in [-0.39, 0.29) is 11.8 Å². The van der Waals surface area contributed by atoms with Gasteiger partial charge in [-0.15, -0.1) is 10.2 Å². The van der Waals surface area contributed by atoms with E-state index in [9.17, 15) is 4.79 Å². The standard InChI is InChI=1S/C22H26N4O2/c1-15-17-9-4-5-10-18(17)28-20(15)22(27)25-12-7-8-16(14-25)21-24-23-19-11-3-2-6-13-26(19)21/h4-5,9-10,16H,2-3,6-8,11-14H2,1H3. The summed E-state index contributed by atoms with van der Waals surface area (Å²) in [6.07, 6.45) is 6.69. The van der Waals surface area contributed by atoms with Crippen LogP contribution in [0.3, 0.4) is 0 Å². The summed E-state index contributed by atoms with van der Waals surface area (Å²) < 4.78 is 8.24. The molecule has 2 aliphatic rings. The smallest absolute Gasteiger partial charge is 0.289 e. The Morgan fingerprint density at radius 3 is 2.89 bits per heavy atom. The molecule has 0 radical (unpaired) electrons. The van der Waals surface area contributed by atoms with Gasteiger partial charge in [-0.05, 0) is 38.7 Å². The maximum Gasteiger partial charge on any atom is 0.289 e. The molecule has 0 N–H and O–H groups in total. The quantitative estimate of drug-likeness (QED) is 0.674. The minimum atomic E-state index is -0.00555. The number of aromatic nitrogens is 3. The van der Waals surface area contributed by atoms with Gasteiger partial charge in [0, 0.05) is 42.9 Å². The SMILES string of the molecule is Cc1c(C(=O)N2CCCC(c3nnc4n3CCCCC4)C2)oc2ccccc12. The number of nitrogens with zero attached hydrogens (tertiary/aromatic N) is 4. The zero-order chi connectivity index (χ0) is 19.1. The number of para-hydroxylation sites is 1. The molecule has 1 atom stereocenters. The lowest BCUT2D eigenvalue weighted by Crippen LogP contribution is -2.40. The van der Waals surface area contributed by atoms with Crippen molar-refractivity contribution in [3.63, 3.8) is 0 Å². The van der Waals surface area contributed by atoms with E-state index in [4.69, 9.17) is 4.42 Å². The minimum Gasteiger partial charge on any atom is -0.451 e. The largest absolute Gasteiger partial charge is 0.451 e. The maximum atomic E-state index is 13.2. The lowest BCUT2D eigenvalue weighted by atomic mass is 9.96. The number of furan rings is 1. The molecule has 6 heteroatoms. The summed E-state index contributed by atoms with van der Waals surface area (Å²) in [5.41, 5.74) is 1.71. The molecule has 6 nitrogen and oxygen atoms in total. The van der Waals surface area contributed by atoms with Gasteiger partial charge in [-0.2, -0.15) is 0 Å². The molecular weight excluding hydrogens is 352 g/mol. The molecule has 0 saturated carbocycles. The zero-order valence-corrected chi connectivity index (χ0v) is 16.4. The fourth-order valence-corrected chi connectivity index (χ4v) is 4.70. The van der Waals surface area contributed by atoms with E-state index < -0.39 is 0 Å². The minimum absolute atomic E-state index is 0.00555. The van der Waals surface area contributed by atoms with E-state index in [1.807, 2.05) is 36.1 Å². The first-order chi connectivity index (χ1) is 13.7. The normalized spacial score (nSPS) is 20.2. The fraction of sp³-hybridized carbons (Fsp3) is 0.500. The van der Waals surface area contributed by atoms with Gasteiger partial charge in [0.15, 0.2) is 5.76 Å². The van der Waals surface area contributed by atoms with Crippen LogP contribution >= 0.6 is 0 Å². The molecule has 146 valence electrons. The molecule has 5 rings (SSSR count). The second kappa shape index (κ2) is 7.08. The number of fused-ring (bicyclic) bond motifs is 2. The molecule has 1 aromatic carbocycles. The number of hydrogen-bond acceptors (Lipinski definition) is 4. The molecule has 0 spiro atoms. The highest BCUT2D eigenvalue weighted by molar-refractivity contribution is 5.99. The Balaban J connectivity index is 1.40. The molecule has 2 aromatic heterocycles. The lowest BCUT2D eigenvalue weighted by Gasteiger charge is -2.32. The molecule has 1 saturated heterocycles. The third kappa shape index (κ3) is 2.91. The van der Waals surface area contributed by atoms with Gasteiger partial charge >= 0.3 is 0 Å². The van der Waals surface area contributed by atoms with Gasteiger partial charge in [-0.25, -0.2) is 0 Å². The summed E-state index contributed by atoms with van der Waals surface area (Å²) in [5, 5.41) is 10.0. The average Bonchev–Trinajstić information content (AvgIpc) is 3.20. The summed E-state index contributed by atoms with van der Waals surface area (Å²) in [7, 11) is 0. The number of carbonyl (C=O) groups is 1. The van der Waals surface area contributed by atoms with Crippen LogP contribution < -0.4 is 0 Å². The Kier molecular flexibility index (Phi) is 4.41. The van der Waals surface area contributed by atoms with E-state index in [1.165, 1.54) is 19.3 Å². The molecule has 3 aromatic rings. The predicted molar refractivity (Wildman–Crippen MR) is 106 cm³/mol. The number of aryl methyl sites for hydroxylation is 2. The Labute approximate surface area is 164 Å². The number of carbonyl (C=O) groups excluding carboxylic acids is 1. The fourth-order valence-electron chi connectivity index (χ4n) is 4.70. The van der Waals surface area contributed by atoms with E-state index >= 15 is 0 Å². The van der Waals surface area contributed by atoms with Gasteiger partial charge in [0.2, 0.25) is 0 Å². The first kappa shape index (κ1) is 17.5. The van der Waals surface area contributed by atoms with E-state index in [0.29, 0.717) is 12.3 Å². The van der Waals surface area contributed by atoms with Crippen LogP contribution in [0.2, 0.25) is 0 Å². The Hall–Kier alpha value is -2.63. The average molecular weight is 378 g/mol. The van der Waals surface area contributed by atoms with Crippen molar-refractivity contribution in [2.24, 2.45) is 0 Å². The summed E-state index contributed by atoms with van der Waals surface area (Å²) in [6, 6.07) is 7.85. The lowest BCUT2D eigenvalue weighted by molar-refractivity contribution is 0.0672. The van der Waals surface area contributed by atoms with E-state index in [2.05, 4.69) is 14.8 Å². The molecule has 1 fully saturated rings. The van der Waals surface area contributed by atoms with Crippen molar-refractivity contribution in [1.29, 1.82) is 0 Å². The first-order valence-corrected chi connectivity index (χ1v) is 10.4. The number of amides is 1. The van der Waals surface area contributed by atoms with Crippen LogP contribution in [0, 0.1) is 6.92 Å². The van der Waals surface area contributed by atoms with Crippen molar-refractivity contribution in [3.05, 3.63) is 47.2 Å². The Morgan fingerprint density at radius 2 is 2.00 bits per heavy atom. The monoisotopic (exact) mass is 378 g/mol. The van der Waals surface area contributed by atoms with Gasteiger partial charge in [0.05, 0.1) is 0 Å². The highest BCUT2D eigenvalue weighted by atomic mass is 16.3. The zero-order valence-electron chi connectivity index (χ0n) is 16.4. The van der Waals surface area contributed by atoms with Crippen LogP contribution in [0.4, 0.5) is 0 Å². The highest BCUT2D eigenvalue weighted by Gasteiger charge is 2.32. The van der Waals surface area contributed by atoms with Crippen molar-refractivity contribution < 1.29 is 9.21 Å². The highest BCUT2D eigenvalue weighted by Crippen LogP contribution is 2.31. The van der Waals surface area contributed by atoms with Crippen LogP contribution in [0.5, 0.6) is 0 Å². The molecule has 4 heterocycles. The van der Waals surface area contributed by atoms with E-state index in [1.54, 1.807) is 0 Å². The summed E-state index contributed by atoms with van der Waals surface area (Å²) in [4.78, 5) is 15.2. The van der Waals surface area contributed by atoms with Gasteiger partial charge in [-0.1, -0.05) is 24.6 Å². The summed E-state index contributed by atoms with van der Waals surface area (Å²) >= 11 is 0. The maximum absolute atomic E-state index is 13.2. The second-order valence-electron chi connectivity index (χ2n) is 8.08. The predicted octanol–water partition coefficient (Wildman–Crippen LogP) is 4.08. The van der Waals surface area contributed by atoms with Gasteiger partial charge < -0.3 is 13.9 Å². The van der Waals surface area contributed by atoms with E-state index in [0.717, 1.165) is 60.5 Å². The van der Waals surface area contributed by atoms with Crippen molar-refractivity contribution in [3.8, 4) is 0 Å². The number of likely N-dealkylation sites (tertiary alicyclic amines) is 1. The molecule has 1 amide bonds. The van der Waals surface area contributed by atoms with Gasteiger partial charge in [0.1, 0.15) is 17.2 Å². The number of hydrogen-bond donors (Lipinski definition) is 0. The van der Waals surface area contributed by atoms with Crippen LogP contribution in [-0.4, -0.2) is 38.7 Å². The molecule has 0 aliphatic carbocycles. The van der Waals surface area contributed by atoms with Gasteiger partial charge in [0.25, 0.3) is 5.91 Å². The first-order valence-electron chi connectivity index (χ1n) is 10.4. The molecule has 2 aliphatic heterocycles. The number of rotatable bonds is 2. The topological polar surface area (TPSA) is 64.2 Å². The second-order valence-corrected chi connectivity index (χ2v) is 8.08. The molecular formula is C22H26N4O2.